The summed E-state index contributed by atoms with van der Waals surface area (Å²) in [5, 5.41) is 28.4. The third-order valence-electron chi connectivity index (χ3n) is 7.37. The molecule has 0 amide bonds. The van der Waals surface area contributed by atoms with Crippen LogP contribution >= 0.6 is 0 Å². The third-order valence-corrected chi connectivity index (χ3v) is 7.37. The lowest BCUT2D eigenvalue weighted by atomic mass is 9.90. The number of aromatic amines is 1. The summed E-state index contributed by atoms with van der Waals surface area (Å²) in [6, 6.07) is 20.4. The number of hydrogen-bond acceptors (Lipinski definition) is 7. The lowest BCUT2D eigenvalue weighted by molar-refractivity contribution is -0.377. The fourth-order valence-electron chi connectivity index (χ4n) is 5.49. The van der Waals surface area contributed by atoms with Gasteiger partial charge in [0.2, 0.25) is 0 Å². The highest BCUT2D eigenvalue weighted by molar-refractivity contribution is 6.01. The number of halogens is 1. The van der Waals surface area contributed by atoms with Gasteiger partial charge in [0.15, 0.2) is 29.7 Å². The fourth-order valence-corrected chi connectivity index (χ4v) is 5.49. The molecular formula is C34H31ClN4O5. The fraction of sp³-hybridized carbons (Fsp3) is 0.176. The highest BCUT2D eigenvalue weighted by atomic mass is 35.5. The smallest absolute Gasteiger partial charge is 0.280 e. The predicted octanol–water partition coefficient (Wildman–Crippen LogP) is 1.87. The maximum absolute atomic E-state index is 13.8. The largest absolute Gasteiger partial charge is 1.00 e. The van der Waals surface area contributed by atoms with Crippen molar-refractivity contribution in [3.05, 3.63) is 107 Å². The lowest BCUT2D eigenvalue weighted by Gasteiger charge is -2.19. The van der Waals surface area contributed by atoms with Crippen LogP contribution in [-0.2, 0) is 13.2 Å². The number of hydrogen-bond donors (Lipinski definition) is 2. The van der Waals surface area contributed by atoms with E-state index in [0.717, 1.165) is 21.7 Å². The Morgan fingerprint density at radius 2 is 1.59 bits per heavy atom. The van der Waals surface area contributed by atoms with Gasteiger partial charge in [-0.15, -0.1) is 0 Å². The Labute approximate surface area is 259 Å². The van der Waals surface area contributed by atoms with Crippen LogP contribution in [-0.4, -0.2) is 38.2 Å². The van der Waals surface area contributed by atoms with Crippen LogP contribution in [0.5, 0.6) is 11.5 Å². The number of aliphatic hydroxyl groups is 2. The molecule has 10 heteroatoms. The van der Waals surface area contributed by atoms with Crippen LogP contribution in [0.2, 0.25) is 0 Å². The van der Waals surface area contributed by atoms with Crippen molar-refractivity contribution in [3.8, 4) is 39.7 Å². The molecule has 0 bridgehead atoms. The minimum Gasteiger partial charge on any atom is -1.00 e. The molecule has 3 aromatic carbocycles. The van der Waals surface area contributed by atoms with Crippen LogP contribution in [0.25, 0.3) is 49.7 Å². The number of ether oxygens (including phenoxy) is 2. The van der Waals surface area contributed by atoms with Gasteiger partial charge >= 0.3 is 0 Å². The molecule has 6 aromatic rings. The second-order valence-corrected chi connectivity index (χ2v) is 9.90. The number of nitrogens with zero attached hydrogens (tertiary/aromatic N) is 3. The van der Waals surface area contributed by atoms with Crippen molar-refractivity contribution in [2.24, 2.45) is 0 Å². The molecule has 0 radical (unpaired) electrons. The number of aromatic nitrogens is 4. The Hall–Kier alpha value is -4.83. The van der Waals surface area contributed by atoms with E-state index >= 15 is 0 Å². The van der Waals surface area contributed by atoms with Crippen LogP contribution in [0.3, 0.4) is 0 Å². The molecule has 224 valence electrons. The van der Waals surface area contributed by atoms with Gasteiger partial charge in [0.25, 0.3) is 5.56 Å². The Balaban J connectivity index is 0.00000384. The minimum atomic E-state index is -0.307. The van der Waals surface area contributed by atoms with Crippen molar-refractivity contribution in [1.82, 2.24) is 14.8 Å². The number of nitrogens with one attached hydrogen (secondary N) is 1. The lowest BCUT2D eigenvalue weighted by Crippen LogP contribution is -3.00. The summed E-state index contributed by atoms with van der Waals surface area (Å²) in [6.45, 7) is 4.14. The summed E-state index contributed by atoms with van der Waals surface area (Å²) in [5.74, 6) is 1.48. The summed E-state index contributed by atoms with van der Waals surface area (Å²) in [7, 11) is 0. The minimum absolute atomic E-state index is 0. The number of aliphatic hydroxyl groups excluding tert-OH is 2. The number of fused-ring (bicyclic) bond motifs is 2. The van der Waals surface area contributed by atoms with E-state index in [4.69, 9.17) is 14.6 Å². The van der Waals surface area contributed by atoms with Gasteiger partial charge in [-0.2, -0.15) is 9.78 Å². The zero-order chi connectivity index (χ0) is 29.9. The second-order valence-electron chi connectivity index (χ2n) is 9.90. The molecule has 3 aromatic heterocycles. The van der Waals surface area contributed by atoms with E-state index in [1.807, 2.05) is 80.8 Å². The van der Waals surface area contributed by atoms with Gasteiger partial charge in [-0.3, -0.25) is 4.79 Å². The first-order chi connectivity index (χ1) is 21.1. The first-order valence-corrected chi connectivity index (χ1v) is 14.1. The van der Waals surface area contributed by atoms with E-state index in [1.54, 1.807) is 18.3 Å². The maximum Gasteiger partial charge on any atom is 0.280 e. The molecule has 44 heavy (non-hydrogen) atoms. The average Bonchev–Trinajstić information content (AvgIpc) is 3.05. The second kappa shape index (κ2) is 13.2. The predicted molar refractivity (Wildman–Crippen MR) is 164 cm³/mol. The topological polar surface area (TPSA) is 121 Å². The molecule has 0 aliphatic rings. The zero-order valence-electron chi connectivity index (χ0n) is 24.3. The maximum atomic E-state index is 13.8. The SMILES string of the molecule is CCOc1cc2cc(CO)c(CO)c(-c3ccnc(-n4nc(-c5ccc[nH+]c5)c5ccccc5c4=O)c3)c2cc1OCC.[Cl-]. The van der Waals surface area contributed by atoms with Gasteiger partial charge in [-0.1, -0.05) is 18.2 Å². The average molecular weight is 611 g/mol. The third kappa shape index (κ3) is 5.48. The molecule has 0 aliphatic heterocycles. The molecule has 3 heterocycles. The molecule has 9 nitrogen and oxygen atoms in total. The van der Waals surface area contributed by atoms with E-state index in [2.05, 4.69) is 9.97 Å². The highest BCUT2D eigenvalue weighted by Gasteiger charge is 2.20. The summed E-state index contributed by atoms with van der Waals surface area (Å²) < 4.78 is 13.1. The summed E-state index contributed by atoms with van der Waals surface area (Å²) in [5.41, 5.74) is 3.69. The van der Waals surface area contributed by atoms with Crippen LogP contribution in [0, 0.1) is 0 Å². The van der Waals surface area contributed by atoms with Crippen molar-refractivity contribution < 1.29 is 37.1 Å². The van der Waals surface area contributed by atoms with Crippen LogP contribution < -0.4 is 32.4 Å². The molecule has 0 unspecified atom stereocenters. The first-order valence-electron chi connectivity index (χ1n) is 14.1. The van der Waals surface area contributed by atoms with Crippen molar-refractivity contribution in [1.29, 1.82) is 0 Å². The number of rotatable bonds is 9. The van der Waals surface area contributed by atoms with Gasteiger partial charge in [0, 0.05) is 17.6 Å². The van der Waals surface area contributed by atoms with Crippen LogP contribution in [0.15, 0.2) is 90.1 Å². The molecule has 0 fully saturated rings. The molecule has 0 saturated carbocycles. The number of benzene rings is 3. The van der Waals surface area contributed by atoms with E-state index in [0.29, 0.717) is 63.9 Å². The Morgan fingerprint density at radius 1 is 0.841 bits per heavy atom. The van der Waals surface area contributed by atoms with E-state index < -0.39 is 0 Å². The monoisotopic (exact) mass is 610 g/mol. The standard InChI is InChI=1S/C34H30N4O5.ClH/c1-3-42-29-15-23-14-24(19-39)28(20-40)32(27(23)17-30(29)43-4-2)21-11-13-36-31(16-21)38-34(41)26-10-6-5-9-25(26)33(37-38)22-8-7-12-35-18-22;/h5-18,39-40H,3-4,19-20H2,1-2H3;1H. The van der Waals surface area contributed by atoms with Gasteiger partial charge in [0.1, 0.15) is 5.69 Å². The molecule has 0 saturated heterocycles. The van der Waals surface area contributed by atoms with E-state index in [-0.39, 0.29) is 31.2 Å². The summed E-state index contributed by atoms with van der Waals surface area (Å²) in [4.78, 5) is 21.4. The Morgan fingerprint density at radius 3 is 2.27 bits per heavy atom. The Bertz CT molecular complexity index is 2010. The van der Waals surface area contributed by atoms with E-state index in [1.165, 1.54) is 4.68 Å². The number of H-pyrrole nitrogens is 1. The molecule has 3 N–H and O–H groups in total. The normalized spacial score (nSPS) is 11.0. The van der Waals surface area contributed by atoms with Crippen molar-refractivity contribution >= 4 is 21.5 Å². The summed E-state index contributed by atoms with van der Waals surface area (Å²) in [6.07, 6.45) is 5.26. The quantitative estimate of drug-likeness (QED) is 0.256. The highest BCUT2D eigenvalue weighted by Crippen LogP contribution is 2.41. The van der Waals surface area contributed by atoms with Gasteiger partial charge in [-0.05, 0) is 89.3 Å². The van der Waals surface area contributed by atoms with Crippen LogP contribution in [0.4, 0.5) is 0 Å². The molecular weight excluding hydrogens is 580 g/mol. The van der Waals surface area contributed by atoms with E-state index in [9.17, 15) is 15.0 Å². The Kier molecular flexibility index (Phi) is 9.20. The molecule has 0 spiro atoms. The molecule has 0 atom stereocenters. The van der Waals surface area contributed by atoms with Crippen LogP contribution in [0.1, 0.15) is 25.0 Å². The molecule has 6 rings (SSSR count). The van der Waals surface area contributed by atoms with Gasteiger partial charge < -0.3 is 32.1 Å². The first kappa shape index (κ1) is 30.6. The zero-order valence-corrected chi connectivity index (χ0v) is 25.0. The van der Waals surface area contributed by atoms with Crippen molar-refractivity contribution in [3.63, 3.8) is 0 Å². The number of pyridine rings is 2. The van der Waals surface area contributed by atoms with Crippen molar-refractivity contribution in [2.75, 3.05) is 13.2 Å². The van der Waals surface area contributed by atoms with Gasteiger partial charge in [-0.25, -0.2) is 9.97 Å². The van der Waals surface area contributed by atoms with Crippen molar-refractivity contribution in [2.45, 2.75) is 27.1 Å². The van der Waals surface area contributed by atoms with Gasteiger partial charge in [0.05, 0.1) is 37.4 Å². The molecule has 0 aliphatic carbocycles. The summed E-state index contributed by atoms with van der Waals surface area (Å²) >= 11 is 0.